The lowest BCUT2D eigenvalue weighted by Gasteiger charge is -2.39. The van der Waals surface area contributed by atoms with Crippen LogP contribution in [0.4, 0.5) is 5.13 Å². The number of alkyl halides is 1. The predicted molar refractivity (Wildman–Crippen MR) is 118 cm³/mol. The van der Waals surface area contributed by atoms with E-state index in [2.05, 4.69) is 30.9 Å². The SMILES string of the molecule is CON=C(C(=O)N[C@@H]1C(=O)N[C@@H]1C(N)C(=O)OCCS(C)(=O)=O)c1csc(NC(=O)CCl)n1. The number of amides is 3. The number of oxime groups is 1. The van der Waals surface area contributed by atoms with Gasteiger partial charge in [0.2, 0.25) is 11.8 Å². The summed E-state index contributed by atoms with van der Waals surface area (Å²) in [5, 5.41) is 12.4. The lowest BCUT2D eigenvalue weighted by molar-refractivity contribution is -0.148. The first-order valence-electron chi connectivity index (χ1n) is 9.11. The van der Waals surface area contributed by atoms with Crippen molar-refractivity contribution in [1.29, 1.82) is 0 Å². The van der Waals surface area contributed by atoms with Crippen molar-refractivity contribution in [3.63, 3.8) is 0 Å². The molecule has 3 amide bonds. The van der Waals surface area contributed by atoms with Gasteiger partial charge in [0.1, 0.15) is 37.4 Å². The maximum Gasteiger partial charge on any atom is 0.325 e. The number of halogens is 1. The van der Waals surface area contributed by atoms with E-state index < -0.39 is 58.3 Å². The number of nitrogens with two attached hydrogens (primary N) is 1. The highest BCUT2D eigenvalue weighted by molar-refractivity contribution is 7.90. The summed E-state index contributed by atoms with van der Waals surface area (Å²) in [6, 6.07) is -3.58. The number of hydrogen-bond acceptors (Lipinski definition) is 12. The smallest absolute Gasteiger partial charge is 0.325 e. The number of ether oxygens (including phenoxy) is 1. The Morgan fingerprint density at radius 3 is 2.70 bits per heavy atom. The fraction of sp³-hybridized carbons (Fsp3) is 0.500. The van der Waals surface area contributed by atoms with Gasteiger partial charge in [0, 0.05) is 11.6 Å². The summed E-state index contributed by atoms with van der Waals surface area (Å²) in [6.45, 7) is -0.403. The Bertz CT molecular complexity index is 1060. The first-order chi connectivity index (χ1) is 15.5. The first-order valence-corrected chi connectivity index (χ1v) is 12.6. The Labute approximate surface area is 197 Å². The monoisotopic (exact) mass is 524 g/mol. The molecule has 1 aromatic heterocycles. The van der Waals surface area contributed by atoms with E-state index in [1.165, 1.54) is 12.5 Å². The molecule has 1 unspecified atom stereocenters. The molecular weight excluding hydrogens is 504 g/mol. The van der Waals surface area contributed by atoms with Crippen LogP contribution in [0, 0.1) is 0 Å². The Kier molecular flexibility index (Phi) is 9.09. The minimum Gasteiger partial charge on any atom is -0.463 e. The number of nitrogens with zero attached hydrogens (tertiary/aromatic N) is 2. The number of nitrogens with one attached hydrogen (secondary N) is 3. The Balaban J connectivity index is 2.05. The zero-order valence-electron chi connectivity index (χ0n) is 17.4. The average molecular weight is 525 g/mol. The van der Waals surface area contributed by atoms with E-state index in [0.29, 0.717) is 0 Å². The van der Waals surface area contributed by atoms with Crippen molar-refractivity contribution >= 4 is 67.3 Å². The topological polar surface area (TPSA) is 208 Å². The number of rotatable bonds is 11. The quantitative estimate of drug-likeness (QED) is 0.0790. The van der Waals surface area contributed by atoms with E-state index in [9.17, 15) is 27.6 Å². The Hall–Kier alpha value is -2.82. The van der Waals surface area contributed by atoms with Crippen molar-refractivity contribution in [1.82, 2.24) is 15.6 Å². The summed E-state index contributed by atoms with van der Waals surface area (Å²) in [7, 11) is -2.15. The Morgan fingerprint density at radius 2 is 2.12 bits per heavy atom. The van der Waals surface area contributed by atoms with Crippen molar-refractivity contribution in [3.8, 4) is 0 Å². The molecule has 17 heteroatoms. The maximum absolute atomic E-state index is 12.7. The molecule has 5 N–H and O–H groups in total. The van der Waals surface area contributed by atoms with Gasteiger partial charge in [0.25, 0.3) is 5.91 Å². The largest absolute Gasteiger partial charge is 0.463 e. The third-order valence-electron chi connectivity index (χ3n) is 4.11. The molecule has 14 nitrogen and oxygen atoms in total. The fourth-order valence-corrected chi connectivity index (χ4v) is 3.66. The van der Waals surface area contributed by atoms with Crippen molar-refractivity contribution in [2.24, 2.45) is 10.9 Å². The summed E-state index contributed by atoms with van der Waals surface area (Å²) in [4.78, 5) is 56.9. The average Bonchev–Trinajstić information content (AvgIpc) is 3.20. The van der Waals surface area contributed by atoms with E-state index in [0.717, 1.165) is 17.6 Å². The number of carbonyl (C=O) groups excluding carboxylic acids is 4. The van der Waals surface area contributed by atoms with Crippen LogP contribution in [0.2, 0.25) is 0 Å². The molecule has 0 spiro atoms. The molecule has 1 fully saturated rings. The molecule has 0 aromatic carbocycles. The third-order valence-corrected chi connectivity index (χ3v) is 6.02. The number of sulfone groups is 1. The Morgan fingerprint density at radius 1 is 1.42 bits per heavy atom. The highest BCUT2D eigenvalue weighted by atomic mass is 35.5. The van der Waals surface area contributed by atoms with Crippen LogP contribution in [0.15, 0.2) is 10.5 Å². The second-order valence-corrected chi connectivity index (χ2v) is 10.0. The molecule has 33 heavy (non-hydrogen) atoms. The van der Waals surface area contributed by atoms with Gasteiger partial charge in [-0.3, -0.25) is 19.2 Å². The molecular formula is C16H21ClN6O8S2. The number of carbonyl (C=O) groups is 4. The van der Waals surface area contributed by atoms with Crippen molar-refractivity contribution in [2.75, 3.05) is 36.9 Å². The highest BCUT2D eigenvalue weighted by Gasteiger charge is 2.47. The normalized spacial score (nSPS) is 19.0. The van der Waals surface area contributed by atoms with Gasteiger partial charge in [0.05, 0.1) is 11.8 Å². The lowest BCUT2D eigenvalue weighted by Crippen LogP contribution is -2.75. The molecule has 2 heterocycles. The lowest BCUT2D eigenvalue weighted by atomic mass is 9.92. The van der Waals surface area contributed by atoms with Gasteiger partial charge in [-0.15, -0.1) is 22.9 Å². The molecule has 0 radical (unpaired) electrons. The van der Waals surface area contributed by atoms with Gasteiger partial charge in [-0.25, -0.2) is 13.4 Å². The van der Waals surface area contributed by atoms with Crippen molar-refractivity contribution in [2.45, 2.75) is 18.1 Å². The summed E-state index contributed by atoms with van der Waals surface area (Å²) in [6.07, 6.45) is 0.981. The highest BCUT2D eigenvalue weighted by Crippen LogP contribution is 2.17. The number of β-lactam (4-membered cyclic amide) rings is 1. The van der Waals surface area contributed by atoms with Crippen LogP contribution in [0.3, 0.4) is 0 Å². The molecule has 1 aliphatic rings. The molecule has 3 atom stereocenters. The number of anilines is 1. The van der Waals surface area contributed by atoms with Crippen LogP contribution in [0.25, 0.3) is 0 Å². The summed E-state index contributed by atoms with van der Waals surface area (Å²) >= 11 is 6.42. The fourth-order valence-electron chi connectivity index (χ4n) is 2.49. The first kappa shape index (κ1) is 26.4. The van der Waals surface area contributed by atoms with E-state index >= 15 is 0 Å². The van der Waals surface area contributed by atoms with Crippen LogP contribution in [-0.4, -0.2) is 92.5 Å². The summed E-state index contributed by atoms with van der Waals surface area (Å²) < 4.78 is 27.1. The van der Waals surface area contributed by atoms with Gasteiger partial charge in [0.15, 0.2) is 20.7 Å². The van der Waals surface area contributed by atoms with Crippen molar-refractivity contribution in [3.05, 3.63) is 11.1 Å². The second-order valence-electron chi connectivity index (χ2n) is 6.65. The van der Waals surface area contributed by atoms with E-state index in [1.807, 2.05) is 0 Å². The van der Waals surface area contributed by atoms with Gasteiger partial charge in [-0.05, 0) is 0 Å². The van der Waals surface area contributed by atoms with Crippen LogP contribution in [0.1, 0.15) is 5.69 Å². The van der Waals surface area contributed by atoms with Crippen molar-refractivity contribution < 1.29 is 37.2 Å². The van der Waals surface area contributed by atoms with Crippen LogP contribution < -0.4 is 21.7 Å². The molecule has 1 saturated heterocycles. The van der Waals surface area contributed by atoms with E-state index in [4.69, 9.17) is 22.1 Å². The molecule has 1 aliphatic heterocycles. The molecule has 0 saturated carbocycles. The minimum atomic E-state index is -3.35. The number of aromatic nitrogens is 1. The van der Waals surface area contributed by atoms with E-state index in [1.54, 1.807) is 0 Å². The zero-order valence-corrected chi connectivity index (χ0v) is 19.8. The standard InChI is InChI=1S/C16H21ClN6O8S2/c1-30-23-10(7-6-32-16(19-7)20-8(24)5-17)13(25)22-12-11(21-14(12)26)9(18)15(27)31-3-4-33(2,28)29/h6,9,11-12H,3-5,18H2,1-2H3,(H,21,26)(H,22,25)(H,19,20,24)/t9?,11-,12+/m1/s1. The maximum atomic E-state index is 12.7. The third kappa shape index (κ3) is 7.34. The molecule has 0 bridgehead atoms. The second kappa shape index (κ2) is 11.4. The van der Waals surface area contributed by atoms with Crippen LogP contribution in [0.5, 0.6) is 0 Å². The number of thiazole rings is 1. The summed E-state index contributed by atoms with van der Waals surface area (Å²) in [5.41, 5.74) is 5.55. The number of hydrogen-bond donors (Lipinski definition) is 4. The van der Waals surface area contributed by atoms with Crippen LogP contribution >= 0.6 is 22.9 Å². The van der Waals surface area contributed by atoms with Crippen LogP contribution in [-0.2, 0) is 38.6 Å². The minimum absolute atomic E-state index is 0.0463. The molecule has 1 aromatic rings. The number of esters is 1. The van der Waals surface area contributed by atoms with Gasteiger partial charge < -0.3 is 31.3 Å². The molecule has 2 rings (SSSR count). The van der Waals surface area contributed by atoms with E-state index in [-0.39, 0.29) is 28.2 Å². The molecule has 0 aliphatic carbocycles. The molecule has 182 valence electrons. The van der Waals surface area contributed by atoms with Gasteiger partial charge in [-0.1, -0.05) is 5.16 Å². The predicted octanol–water partition coefficient (Wildman–Crippen LogP) is -2.43. The van der Waals surface area contributed by atoms with Gasteiger partial charge in [-0.2, -0.15) is 0 Å². The van der Waals surface area contributed by atoms with Gasteiger partial charge >= 0.3 is 5.97 Å². The zero-order chi connectivity index (χ0) is 24.8. The summed E-state index contributed by atoms with van der Waals surface area (Å²) in [5.74, 6) is -3.60.